The van der Waals surface area contributed by atoms with Gasteiger partial charge in [0.15, 0.2) is 6.29 Å². The Labute approximate surface area is 458 Å². The first kappa shape index (κ1) is 70.4. The van der Waals surface area contributed by atoms with Crippen molar-refractivity contribution >= 4 is 11.9 Å². The van der Waals surface area contributed by atoms with Crippen LogP contribution in [-0.4, -0.2) is 100 Å². The zero-order valence-electron chi connectivity index (χ0n) is 48.0. The van der Waals surface area contributed by atoms with Crippen molar-refractivity contribution in [1.82, 2.24) is 5.32 Å². The zero-order valence-corrected chi connectivity index (χ0v) is 48.0. The van der Waals surface area contributed by atoms with Crippen LogP contribution in [0.15, 0.2) is 60.8 Å². The van der Waals surface area contributed by atoms with Crippen molar-refractivity contribution in [1.29, 1.82) is 0 Å². The molecular weight excluding hydrogens is 943 g/mol. The smallest absolute Gasteiger partial charge is 0.305 e. The van der Waals surface area contributed by atoms with Gasteiger partial charge in [-0.1, -0.05) is 235 Å². The summed E-state index contributed by atoms with van der Waals surface area (Å²) in [5.41, 5.74) is 0. The largest absolute Gasteiger partial charge is 0.466 e. The molecule has 0 aliphatic carbocycles. The SMILES string of the molecule is C/C=C/CC/C=C/CC/C=C/C(O)C(COC1OC(CO)C(O)C(O)C1O)NC(=O)CCCCCCCCCCCCC/C=C\C/C=C\CCCCCCCCCCCOC(=O)CCCCCCCCCCCCC. The Morgan fingerprint density at radius 1 is 0.520 bits per heavy atom. The van der Waals surface area contributed by atoms with E-state index in [1.165, 1.54) is 167 Å². The predicted octanol–water partition coefficient (Wildman–Crippen LogP) is 14.6. The van der Waals surface area contributed by atoms with Gasteiger partial charge in [-0.3, -0.25) is 9.59 Å². The van der Waals surface area contributed by atoms with Crippen LogP contribution < -0.4 is 5.32 Å². The molecule has 1 rings (SSSR count). The van der Waals surface area contributed by atoms with Crippen LogP contribution in [-0.2, 0) is 23.8 Å². The van der Waals surface area contributed by atoms with Crippen LogP contribution in [0.5, 0.6) is 0 Å². The fourth-order valence-electron chi connectivity index (χ4n) is 9.50. The summed E-state index contributed by atoms with van der Waals surface area (Å²) in [5.74, 6) is -0.204. The van der Waals surface area contributed by atoms with Gasteiger partial charge in [-0.05, 0) is 84.0 Å². The molecule has 6 N–H and O–H groups in total. The fraction of sp³-hybridized carbons (Fsp3) is 0.812. The van der Waals surface area contributed by atoms with E-state index in [0.29, 0.717) is 19.4 Å². The molecule has 7 atom stereocenters. The van der Waals surface area contributed by atoms with Crippen molar-refractivity contribution in [2.75, 3.05) is 19.8 Å². The number of aliphatic hydroxyl groups is 5. The third kappa shape index (κ3) is 43.0. The molecule has 1 fully saturated rings. The van der Waals surface area contributed by atoms with Crippen molar-refractivity contribution in [3.63, 3.8) is 0 Å². The molecule has 7 unspecified atom stereocenters. The molecule has 1 heterocycles. The van der Waals surface area contributed by atoms with Crippen LogP contribution in [0.3, 0.4) is 0 Å². The topological polar surface area (TPSA) is 175 Å². The average molecular weight is 1060 g/mol. The number of rotatable bonds is 53. The van der Waals surface area contributed by atoms with E-state index in [0.717, 1.165) is 77.0 Å². The quantitative estimate of drug-likeness (QED) is 0.0195. The van der Waals surface area contributed by atoms with Crippen molar-refractivity contribution in [2.24, 2.45) is 0 Å². The van der Waals surface area contributed by atoms with Gasteiger partial charge in [0.1, 0.15) is 24.4 Å². The molecule has 0 aromatic heterocycles. The Hall–Kier alpha value is -2.64. The molecule has 0 aromatic rings. The van der Waals surface area contributed by atoms with Gasteiger partial charge >= 0.3 is 5.97 Å². The lowest BCUT2D eigenvalue weighted by molar-refractivity contribution is -0.302. The van der Waals surface area contributed by atoms with Crippen LogP contribution in [0.4, 0.5) is 0 Å². The van der Waals surface area contributed by atoms with E-state index >= 15 is 0 Å². The number of hydrogen-bond acceptors (Lipinski definition) is 10. The summed E-state index contributed by atoms with van der Waals surface area (Å²) in [6.45, 7) is 4.08. The maximum absolute atomic E-state index is 13.0. The molecule has 75 heavy (non-hydrogen) atoms. The van der Waals surface area contributed by atoms with Crippen LogP contribution in [0.1, 0.15) is 271 Å². The predicted molar refractivity (Wildman–Crippen MR) is 310 cm³/mol. The molecule has 1 aliphatic rings. The highest BCUT2D eigenvalue weighted by molar-refractivity contribution is 5.76. The van der Waals surface area contributed by atoms with Crippen molar-refractivity contribution in [2.45, 2.75) is 314 Å². The summed E-state index contributed by atoms with van der Waals surface area (Å²) in [6.07, 6.45) is 59.4. The van der Waals surface area contributed by atoms with Crippen LogP contribution in [0.25, 0.3) is 0 Å². The standard InChI is InChI=1S/C64H115NO10/c1-3-5-7-9-11-13-31-36-40-44-48-52-60(69)73-53-49-45-41-37-33-30-28-26-24-22-20-18-16-14-15-17-19-21-23-25-27-29-32-35-39-43-47-51-59(68)65-56(57(67)50-46-42-38-34-12-10-8-6-4-2)55-74-64-63(72)62(71)61(70)58(54-66)75-64/h4,6,12,14-15,18,20,34,46,50,56-58,61-64,66-67,70-72H,3,5,7-11,13,16-17,19,21-33,35-45,47-49,51-55H2,1-2H3,(H,65,68)/b6-4+,15-14-,20-18-,34-12+,50-46+. The maximum Gasteiger partial charge on any atom is 0.305 e. The molecule has 0 bridgehead atoms. The molecule has 0 saturated carbocycles. The molecule has 0 spiro atoms. The number of amides is 1. The third-order valence-electron chi connectivity index (χ3n) is 14.4. The normalized spacial score (nSPS) is 19.2. The van der Waals surface area contributed by atoms with E-state index in [1.807, 2.05) is 19.1 Å². The second-order valence-electron chi connectivity index (χ2n) is 21.4. The van der Waals surface area contributed by atoms with Gasteiger partial charge in [0.2, 0.25) is 5.91 Å². The van der Waals surface area contributed by atoms with Crippen LogP contribution in [0, 0.1) is 0 Å². The summed E-state index contributed by atoms with van der Waals surface area (Å²) < 4.78 is 16.6. The number of nitrogens with one attached hydrogen (secondary N) is 1. The van der Waals surface area contributed by atoms with E-state index in [-0.39, 0.29) is 18.5 Å². The van der Waals surface area contributed by atoms with Gasteiger partial charge in [0, 0.05) is 12.8 Å². The Morgan fingerprint density at radius 2 is 0.960 bits per heavy atom. The van der Waals surface area contributed by atoms with E-state index < -0.39 is 49.5 Å². The van der Waals surface area contributed by atoms with Crippen molar-refractivity contribution in [3.05, 3.63) is 60.8 Å². The van der Waals surface area contributed by atoms with Crippen molar-refractivity contribution in [3.8, 4) is 0 Å². The molecule has 0 radical (unpaired) electrons. The number of unbranched alkanes of at least 4 members (excludes halogenated alkanes) is 32. The maximum atomic E-state index is 13.0. The second-order valence-corrected chi connectivity index (χ2v) is 21.4. The number of hydrogen-bond donors (Lipinski definition) is 6. The number of carbonyl (C=O) groups is 2. The summed E-state index contributed by atoms with van der Waals surface area (Å²) in [6, 6.07) is -0.836. The van der Waals surface area contributed by atoms with Gasteiger partial charge in [-0.25, -0.2) is 0 Å². The van der Waals surface area contributed by atoms with Gasteiger partial charge in [-0.15, -0.1) is 0 Å². The zero-order chi connectivity index (χ0) is 54.5. The molecule has 436 valence electrons. The van der Waals surface area contributed by atoms with Gasteiger partial charge in [0.05, 0.1) is 32.0 Å². The van der Waals surface area contributed by atoms with Crippen LogP contribution in [0.2, 0.25) is 0 Å². The monoisotopic (exact) mass is 1060 g/mol. The molecular formula is C64H115NO10. The summed E-state index contributed by atoms with van der Waals surface area (Å²) in [7, 11) is 0. The first-order chi connectivity index (χ1) is 36.7. The van der Waals surface area contributed by atoms with Gasteiger partial charge in [-0.2, -0.15) is 0 Å². The van der Waals surface area contributed by atoms with Crippen LogP contribution >= 0.6 is 0 Å². The summed E-state index contributed by atoms with van der Waals surface area (Å²) >= 11 is 0. The first-order valence-electron chi connectivity index (χ1n) is 31.0. The number of esters is 1. The Morgan fingerprint density at radius 3 is 1.47 bits per heavy atom. The molecule has 1 saturated heterocycles. The highest BCUT2D eigenvalue weighted by Gasteiger charge is 2.44. The molecule has 1 amide bonds. The lowest BCUT2D eigenvalue weighted by Gasteiger charge is -2.40. The second kappa shape index (κ2) is 53.4. The number of ether oxygens (including phenoxy) is 3. The average Bonchev–Trinajstić information content (AvgIpc) is 3.41. The van der Waals surface area contributed by atoms with Gasteiger partial charge in [0.25, 0.3) is 0 Å². The summed E-state index contributed by atoms with van der Waals surface area (Å²) in [4.78, 5) is 25.0. The van der Waals surface area contributed by atoms with E-state index in [4.69, 9.17) is 14.2 Å². The van der Waals surface area contributed by atoms with E-state index in [9.17, 15) is 35.1 Å². The van der Waals surface area contributed by atoms with E-state index in [1.54, 1.807) is 6.08 Å². The number of aliphatic hydroxyl groups excluding tert-OH is 5. The molecule has 1 aliphatic heterocycles. The van der Waals surface area contributed by atoms with Gasteiger partial charge < -0.3 is 45.1 Å². The highest BCUT2D eigenvalue weighted by atomic mass is 16.7. The minimum atomic E-state index is -1.58. The Kier molecular flexibility index (Phi) is 50.1. The van der Waals surface area contributed by atoms with E-state index in [2.05, 4.69) is 54.8 Å². The number of carbonyl (C=O) groups excluding carboxylic acids is 2. The number of allylic oxidation sites excluding steroid dienone is 9. The van der Waals surface area contributed by atoms with Crippen molar-refractivity contribution < 1.29 is 49.3 Å². The third-order valence-corrected chi connectivity index (χ3v) is 14.4. The Balaban J connectivity index is 2.00. The first-order valence-corrected chi connectivity index (χ1v) is 31.0. The molecule has 11 nitrogen and oxygen atoms in total. The minimum Gasteiger partial charge on any atom is -0.466 e. The summed E-state index contributed by atoms with van der Waals surface area (Å²) in [5, 5.41) is 54.1. The minimum absolute atomic E-state index is 0.000540. The molecule has 0 aromatic carbocycles. The fourth-order valence-corrected chi connectivity index (χ4v) is 9.50. The highest BCUT2D eigenvalue weighted by Crippen LogP contribution is 2.23. The molecule has 11 heteroatoms. The Bertz CT molecular complexity index is 1430. The lowest BCUT2D eigenvalue weighted by atomic mass is 9.99. The lowest BCUT2D eigenvalue weighted by Crippen LogP contribution is -2.60.